The lowest BCUT2D eigenvalue weighted by Crippen LogP contribution is -2.24. The van der Waals surface area contributed by atoms with E-state index in [9.17, 15) is 0 Å². The molecular formula is C15H25N. The van der Waals surface area contributed by atoms with Crippen LogP contribution in [0.4, 0.5) is 0 Å². The number of aryl methyl sites for hydroxylation is 3. The van der Waals surface area contributed by atoms with E-state index >= 15 is 0 Å². The molecular weight excluding hydrogens is 194 g/mol. The van der Waals surface area contributed by atoms with Crippen LogP contribution < -0.4 is 5.32 Å². The molecule has 1 nitrogen and oxygen atoms in total. The molecule has 0 saturated carbocycles. The van der Waals surface area contributed by atoms with Gasteiger partial charge < -0.3 is 5.32 Å². The Balaban J connectivity index is 2.74. The van der Waals surface area contributed by atoms with Crippen LogP contribution in [0.3, 0.4) is 0 Å². The lowest BCUT2D eigenvalue weighted by molar-refractivity contribution is 0.508. The highest BCUT2D eigenvalue weighted by molar-refractivity contribution is 5.37. The summed E-state index contributed by atoms with van der Waals surface area (Å²) < 4.78 is 0. The summed E-state index contributed by atoms with van der Waals surface area (Å²) in [5, 5.41) is 3.37. The fourth-order valence-electron chi connectivity index (χ4n) is 2.48. The van der Waals surface area contributed by atoms with Crippen LogP contribution in [-0.4, -0.2) is 13.1 Å². The maximum Gasteiger partial charge on any atom is 0.00646 e. The molecule has 16 heavy (non-hydrogen) atoms. The molecule has 1 unspecified atom stereocenters. The smallest absolute Gasteiger partial charge is 0.00646 e. The fourth-order valence-corrected chi connectivity index (χ4v) is 2.48. The Morgan fingerprint density at radius 1 is 1.12 bits per heavy atom. The maximum atomic E-state index is 3.37. The monoisotopic (exact) mass is 219 g/mol. The van der Waals surface area contributed by atoms with E-state index in [0.29, 0.717) is 6.04 Å². The first kappa shape index (κ1) is 13.2. The van der Waals surface area contributed by atoms with Gasteiger partial charge in [0.2, 0.25) is 0 Å². The predicted octanol–water partition coefficient (Wildman–Crippen LogP) is 3.54. The highest BCUT2D eigenvalue weighted by atomic mass is 14.9. The van der Waals surface area contributed by atoms with Gasteiger partial charge in [0, 0.05) is 6.04 Å². The first-order chi connectivity index (χ1) is 7.58. The number of nitrogens with one attached hydrogen (secondary N) is 1. The Morgan fingerprint density at radius 2 is 1.69 bits per heavy atom. The number of benzene rings is 1. The molecule has 0 aromatic heterocycles. The van der Waals surface area contributed by atoms with Crippen molar-refractivity contribution >= 4 is 0 Å². The van der Waals surface area contributed by atoms with Crippen molar-refractivity contribution in [3.8, 4) is 0 Å². The number of hydrogen-bond donors (Lipinski definition) is 1. The normalized spacial score (nSPS) is 12.8. The van der Waals surface area contributed by atoms with E-state index in [1.54, 1.807) is 5.56 Å². The van der Waals surface area contributed by atoms with Gasteiger partial charge in [0.15, 0.2) is 0 Å². The van der Waals surface area contributed by atoms with Crippen LogP contribution in [0.5, 0.6) is 0 Å². The van der Waals surface area contributed by atoms with E-state index < -0.39 is 0 Å². The van der Waals surface area contributed by atoms with Gasteiger partial charge in [0.1, 0.15) is 0 Å². The van der Waals surface area contributed by atoms with Crippen molar-refractivity contribution in [2.24, 2.45) is 0 Å². The summed E-state index contributed by atoms with van der Waals surface area (Å²) in [5.74, 6) is 0. The highest BCUT2D eigenvalue weighted by Gasteiger charge is 2.07. The minimum absolute atomic E-state index is 0.653. The maximum absolute atomic E-state index is 3.37. The average Bonchev–Trinajstić information content (AvgIpc) is 2.22. The third kappa shape index (κ3) is 3.34. The minimum atomic E-state index is 0.653. The highest BCUT2D eigenvalue weighted by Crippen LogP contribution is 2.19. The Morgan fingerprint density at radius 3 is 2.12 bits per heavy atom. The van der Waals surface area contributed by atoms with E-state index in [1.165, 1.54) is 36.0 Å². The van der Waals surface area contributed by atoms with Gasteiger partial charge >= 0.3 is 0 Å². The van der Waals surface area contributed by atoms with Crippen LogP contribution in [0.15, 0.2) is 12.1 Å². The van der Waals surface area contributed by atoms with Gasteiger partial charge in [-0.15, -0.1) is 0 Å². The molecule has 0 radical (unpaired) electrons. The summed E-state index contributed by atoms with van der Waals surface area (Å²) >= 11 is 0. The molecule has 90 valence electrons. The Labute approximate surface area is 100 Å². The summed E-state index contributed by atoms with van der Waals surface area (Å²) in [6.07, 6.45) is 3.63. The van der Waals surface area contributed by atoms with Crippen LogP contribution in [0.25, 0.3) is 0 Å². The van der Waals surface area contributed by atoms with Crippen LogP contribution in [0.1, 0.15) is 42.0 Å². The number of rotatable bonds is 5. The molecule has 1 rings (SSSR count). The first-order valence-corrected chi connectivity index (χ1v) is 6.32. The molecule has 0 aliphatic carbocycles. The summed E-state index contributed by atoms with van der Waals surface area (Å²) in [5.41, 5.74) is 5.81. The molecule has 0 amide bonds. The topological polar surface area (TPSA) is 12.0 Å². The molecule has 0 spiro atoms. The largest absolute Gasteiger partial charge is 0.317 e. The Hall–Kier alpha value is -0.820. The molecule has 0 aliphatic rings. The average molecular weight is 219 g/mol. The quantitative estimate of drug-likeness (QED) is 0.798. The molecule has 1 aromatic rings. The van der Waals surface area contributed by atoms with E-state index in [-0.39, 0.29) is 0 Å². The van der Waals surface area contributed by atoms with Gasteiger partial charge in [-0.2, -0.15) is 0 Å². The summed E-state index contributed by atoms with van der Waals surface area (Å²) in [6, 6.07) is 5.24. The Bertz CT molecular complexity index is 314. The van der Waals surface area contributed by atoms with Crippen LogP contribution in [-0.2, 0) is 6.42 Å². The second-order valence-electron chi connectivity index (χ2n) is 4.81. The SMILES string of the molecule is CCC(CCc1c(C)cc(C)cc1C)NC. The standard InChI is InChI=1S/C15H25N/c1-6-14(16-5)7-8-15-12(3)9-11(2)10-13(15)4/h9-10,14,16H,6-8H2,1-5H3. The molecule has 0 fully saturated rings. The van der Waals surface area contributed by atoms with Crippen molar-refractivity contribution in [2.75, 3.05) is 7.05 Å². The fraction of sp³-hybridized carbons (Fsp3) is 0.600. The molecule has 1 N–H and O–H groups in total. The summed E-state index contributed by atoms with van der Waals surface area (Å²) in [7, 11) is 2.06. The third-order valence-electron chi connectivity index (χ3n) is 3.48. The second kappa shape index (κ2) is 6.05. The van der Waals surface area contributed by atoms with Crippen molar-refractivity contribution in [3.63, 3.8) is 0 Å². The van der Waals surface area contributed by atoms with Crippen LogP contribution in [0, 0.1) is 20.8 Å². The molecule has 0 bridgehead atoms. The molecule has 1 aromatic carbocycles. The van der Waals surface area contributed by atoms with Crippen molar-refractivity contribution in [3.05, 3.63) is 34.4 Å². The zero-order chi connectivity index (χ0) is 12.1. The molecule has 1 atom stereocenters. The van der Waals surface area contributed by atoms with Crippen LogP contribution in [0.2, 0.25) is 0 Å². The van der Waals surface area contributed by atoms with E-state index in [4.69, 9.17) is 0 Å². The first-order valence-electron chi connectivity index (χ1n) is 6.32. The van der Waals surface area contributed by atoms with Crippen molar-refractivity contribution in [1.29, 1.82) is 0 Å². The van der Waals surface area contributed by atoms with E-state index in [2.05, 4.69) is 52.2 Å². The molecule has 0 saturated heterocycles. The molecule has 1 heteroatoms. The van der Waals surface area contributed by atoms with Gasteiger partial charge in [-0.25, -0.2) is 0 Å². The van der Waals surface area contributed by atoms with E-state index in [0.717, 1.165) is 0 Å². The van der Waals surface area contributed by atoms with Crippen molar-refractivity contribution in [1.82, 2.24) is 5.32 Å². The summed E-state index contributed by atoms with van der Waals surface area (Å²) in [6.45, 7) is 8.88. The van der Waals surface area contributed by atoms with Crippen molar-refractivity contribution < 1.29 is 0 Å². The van der Waals surface area contributed by atoms with Gasteiger partial charge in [-0.1, -0.05) is 24.6 Å². The van der Waals surface area contributed by atoms with Crippen LogP contribution >= 0.6 is 0 Å². The van der Waals surface area contributed by atoms with Gasteiger partial charge in [-0.05, 0) is 63.8 Å². The zero-order valence-electron chi connectivity index (χ0n) is 11.4. The molecule has 0 aliphatic heterocycles. The third-order valence-corrected chi connectivity index (χ3v) is 3.48. The zero-order valence-corrected chi connectivity index (χ0v) is 11.4. The van der Waals surface area contributed by atoms with Gasteiger partial charge in [0.25, 0.3) is 0 Å². The van der Waals surface area contributed by atoms with Crippen molar-refractivity contribution in [2.45, 2.75) is 53.0 Å². The second-order valence-corrected chi connectivity index (χ2v) is 4.81. The van der Waals surface area contributed by atoms with E-state index in [1.807, 2.05) is 0 Å². The predicted molar refractivity (Wildman–Crippen MR) is 72.1 cm³/mol. The minimum Gasteiger partial charge on any atom is -0.317 e. The molecule has 0 heterocycles. The lowest BCUT2D eigenvalue weighted by atomic mass is 9.94. The summed E-state index contributed by atoms with van der Waals surface area (Å²) in [4.78, 5) is 0. The van der Waals surface area contributed by atoms with Gasteiger partial charge in [-0.3, -0.25) is 0 Å². The lowest BCUT2D eigenvalue weighted by Gasteiger charge is -2.16. The Kier molecular flexibility index (Phi) is 5.01. The number of hydrogen-bond acceptors (Lipinski definition) is 1. The van der Waals surface area contributed by atoms with Gasteiger partial charge in [0.05, 0.1) is 0 Å².